The molecular weight excluding hydrogens is 314 g/mol. The highest BCUT2D eigenvalue weighted by Crippen LogP contribution is 2.25. The Hall–Kier alpha value is -3.42. The second-order valence-corrected chi connectivity index (χ2v) is 4.90. The minimum absolute atomic E-state index is 0.0136. The van der Waals surface area contributed by atoms with Gasteiger partial charge in [0.2, 0.25) is 5.91 Å². The van der Waals surface area contributed by atoms with Crippen LogP contribution in [0.4, 0.5) is 17.1 Å². The van der Waals surface area contributed by atoms with Gasteiger partial charge in [0.25, 0.3) is 5.69 Å². The van der Waals surface area contributed by atoms with Crippen LogP contribution in [-0.4, -0.2) is 16.8 Å². The van der Waals surface area contributed by atoms with Crippen LogP contribution < -0.4 is 11.1 Å². The van der Waals surface area contributed by atoms with Crippen molar-refractivity contribution < 1.29 is 19.2 Å². The molecular formula is C16H15N3O5. The van der Waals surface area contributed by atoms with Gasteiger partial charge in [-0.1, -0.05) is 30.3 Å². The molecule has 0 fully saturated rings. The number of hydrogen-bond acceptors (Lipinski definition) is 6. The lowest BCUT2D eigenvalue weighted by molar-refractivity contribution is -0.383. The summed E-state index contributed by atoms with van der Waals surface area (Å²) >= 11 is 0. The summed E-state index contributed by atoms with van der Waals surface area (Å²) < 4.78 is 4.99. The molecule has 8 nitrogen and oxygen atoms in total. The van der Waals surface area contributed by atoms with Gasteiger partial charge in [-0.05, 0) is 17.7 Å². The number of anilines is 2. The summed E-state index contributed by atoms with van der Waals surface area (Å²) in [5.41, 5.74) is 6.12. The average molecular weight is 329 g/mol. The molecule has 124 valence electrons. The number of nitrogens with one attached hydrogen (secondary N) is 1. The average Bonchev–Trinajstić information content (AvgIpc) is 2.55. The van der Waals surface area contributed by atoms with Crippen LogP contribution in [-0.2, 0) is 20.9 Å². The van der Waals surface area contributed by atoms with Gasteiger partial charge in [0.05, 0.1) is 4.92 Å². The van der Waals surface area contributed by atoms with Gasteiger partial charge in [0.15, 0.2) is 0 Å². The minimum atomic E-state index is -0.693. The van der Waals surface area contributed by atoms with Crippen LogP contribution >= 0.6 is 0 Å². The molecule has 0 atom stereocenters. The predicted molar refractivity (Wildman–Crippen MR) is 87.0 cm³/mol. The van der Waals surface area contributed by atoms with E-state index in [0.29, 0.717) is 0 Å². The third-order valence-electron chi connectivity index (χ3n) is 3.06. The number of nitrogens with two attached hydrogens (primary N) is 1. The van der Waals surface area contributed by atoms with E-state index in [-0.39, 0.29) is 23.7 Å². The van der Waals surface area contributed by atoms with Gasteiger partial charge in [0.1, 0.15) is 18.7 Å². The zero-order valence-corrected chi connectivity index (χ0v) is 12.6. The van der Waals surface area contributed by atoms with Crippen molar-refractivity contribution >= 4 is 28.9 Å². The Labute approximate surface area is 137 Å². The number of ether oxygens (including phenoxy) is 1. The highest BCUT2D eigenvalue weighted by Gasteiger charge is 2.15. The molecule has 0 radical (unpaired) electrons. The highest BCUT2D eigenvalue weighted by atomic mass is 16.6. The maximum atomic E-state index is 11.8. The van der Waals surface area contributed by atoms with Gasteiger partial charge in [-0.2, -0.15) is 0 Å². The largest absolute Gasteiger partial charge is 0.460 e. The number of carbonyl (C=O) groups is 2. The number of nitrogen functional groups attached to an aromatic ring is 1. The van der Waals surface area contributed by atoms with Gasteiger partial charge in [-0.25, -0.2) is 0 Å². The number of benzene rings is 2. The van der Waals surface area contributed by atoms with Crippen molar-refractivity contribution in [1.29, 1.82) is 0 Å². The van der Waals surface area contributed by atoms with Crippen molar-refractivity contribution in [3.8, 4) is 0 Å². The number of nitrogens with zero attached hydrogens (tertiary/aromatic N) is 1. The second kappa shape index (κ2) is 7.73. The summed E-state index contributed by atoms with van der Waals surface area (Å²) in [4.78, 5) is 33.6. The van der Waals surface area contributed by atoms with Crippen LogP contribution in [0.2, 0.25) is 0 Å². The van der Waals surface area contributed by atoms with E-state index >= 15 is 0 Å². The molecule has 8 heteroatoms. The quantitative estimate of drug-likeness (QED) is 0.275. The number of amides is 1. The van der Waals surface area contributed by atoms with Crippen molar-refractivity contribution in [3.05, 3.63) is 64.2 Å². The van der Waals surface area contributed by atoms with Crippen LogP contribution in [0.5, 0.6) is 0 Å². The van der Waals surface area contributed by atoms with E-state index in [0.717, 1.165) is 11.6 Å². The Morgan fingerprint density at radius 3 is 2.54 bits per heavy atom. The van der Waals surface area contributed by atoms with Crippen LogP contribution in [0.25, 0.3) is 0 Å². The molecule has 3 N–H and O–H groups in total. The Morgan fingerprint density at radius 1 is 1.17 bits per heavy atom. The summed E-state index contributed by atoms with van der Waals surface area (Å²) in [6.45, 7) is 0.0697. The predicted octanol–water partition coefficient (Wildman–Crippen LogP) is 2.25. The van der Waals surface area contributed by atoms with Crippen molar-refractivity contribution in [3.63, 3.8) is 0 Å². The van der Waals surface area contributed by atoms with Crippen LogP contribution in [0.1, 0.15) is 12.0 Å². The first kappa shape index (κ1) is 16.9. The van der Waals surface area contributed by atoms with E-state index in [1.165, 1.54) is 12.1 Å². The molecule has 0 aliphatic rings. The third kappa shape index (κ3) is 4.80. The Bertz CT molecular complexity index is 762. The molecule has 2 aromatic carbocycles. The summed E-state index contributed by atoms with van der Waals surface area (Å²) in [6, 6.07) is 12.9. The van der Waals surface area contributed by atoms with Crippen LogP contribution in [0.15, 0.2) is 48.5 Å². The molecule has 0 aromatic heterocycles. The lowest BCUT2D eigenvalue weighted by atomic mass is 10.2. The molecule has 2 aromatic rings. The summed E-state index contributed by atoms with van der Waals surface area (Å²) in [5.74, 6) is -1.33. The number of nitro benzene ring substituents is 1. The first-order chi connectivity index (χ1) is 11.5. The van der Waals surface area contributed by atoms with Gasteiger partial charge in [-0.15, -0.1) is 0 Å². The van der Waals surface area contributed by atoms with E-state index in [1.807, 2.05) is 18.2 Å². The Morgan fingerprint density at radius 2 is 1.88 bits per heavy atom. The Balaban J connectivity index is 1.87. The van der Waals surface area contributed by atoms with Crippen LogP contribution in [0, 0.1) is 10.1 Å². The van der Waals surface area contributed by atoms with Crippen molar-refractivity contribution in [1.82, 2.24) is 0 Å². The van der Waals surface area contributed by atoms with Gasteiger partial charge >= 0.3 is 5.97 Å². The molecule has 0 bridgehead atoms. The number of nitro groups is 1. The van der Waals surface area contributed by atoms with E-state index in [9.17, 15) is 19.7 Å². The minimum Gasteiger partial charge on any atom is -0.460 e. The first-order valence-electron chi connectivity index (χ1n) is 6.99. The first-order valence-corrected chi connectivity index (χ1v) is 6.99. The molecule has 0 spiro atoms. The van der Waals surface area contributed by atoms with Crippen molar-refractivity contribution in [2.24, 2.45) is 0 Å². The molecule has 0 aliphatic carbocycles. The summed E-state index contributed by atoms with van der Waals surface area (Å²) in [5, 5.41) is 13.2. The topological polar surface area (TPSA) is 125 Å². The molecule has 0 saturated carbocycles. The second-order valence-electron chi connectivity index (χ2n) is 4.90. The number of carbonyl (C=O) groups excluding carboxylic acids is 2. The number of esters is 1. The normalized spacial score (nSPS) is 10.0. The van der Waals surface area contributed by atoms with Crippen molar-refractivity contribution in [2.45, 2.75) is 13.0 Å². The van der Waals surface area contributed by atoms with Gasteiger partial charge in [-0.3, -0.25) is 19.7 Å². The molecule has 0 aliphatic heterocycles. The third-order valence-corrected chi connectivity index (χ3v) is 3.06. The lowest BCUT2D eigenvalue weighted by Crippen LogP contribution is -2.18. The Kier molecular flexibility index (Phi) is 5.45. The SMILES string of the molecule is Nc1ccc(NC(=O)CC(=O)OCc2ccccc2)cc1[N+](=O)[O-]. The highest BCUT2D eigenvalue weighted by molar-refractivity contribution is 6.02. The molecule has 24 heavy (non-hydrogen) atoms. The van der Waals surface area contributed by atoms with E-state index in [2.05, 4.69) is 5.32 Å². The van der Waals surface area contributed by atoms with E-state index < -0.39 is 23.2 Å². The smallest absolute Gasteiger partial charge is 0.315 e. The summed E-state index contributed by atoms with van der Waals surface area (Å²) in [6.07, 6.45) is -0.495. The van der Waals surface area contributed by atoms with Gasteiger partial charge < -0.3 is 15.8 Å². The fraction of sp³-hybridized carbons (Fsp3) is 0.125. The van der Waals surface area contributed by atoms with Crippen molar-refractivity contribution in [2.75, 3.05) is 11.1 Å². The fourth-order valence-corrected chi connectivity index (χ4v) is 1.90. The molecule has 1 amide bonds. The maximum absolute atomic E-state index is 11.8. The van der Waals surface area contributed by atoms with Crippen LogP contribution in [0.3, 0.4) is 0 Å². The summed E-state index contributed by atoms with van der Waals surface area (Å²) in [7, 11) is 0. The van der Waals surface area contributed by atoms with E-state index in [1.54, 1.807) is 12.1 Å². The fourth-order valence-electron chi connectivity index (χ4n) is 1.90. The van der Waals surface area contributed by atoms with E-state index in [4.69, 9.17) is 10.5 Å². The maximum Gasteiger partial charge on any atom is 0.315 e. The lowest BCUT2D eigenvalue weighted by Gasteiger charge is -2.07. The zero-order valence-electron chi connectivity index (χ0n) is 12.6. The zero-order chi connectivity index (χ0) is 17.5. The molecule has 2 rings (SSSR count). The van der Waals surface area contributed by atoms with Gasteiger partial charge in [0, 0.05) is 11.8 Å². The number of hydrogen-bond donors (Lipinski definition) is 2. The monoisotopic (exact) mass is 329 g/mol. The molecule has 0 heterocycles. The standard InChI is InChI=1S/C16H15N3O5/c17-13-7-6-12(8-14(13)19(22)23)18-15(20)9-16(21)24-10-11-4-2-1-3-5-11/h1-8H,9-10,17H2,(H,18,20). The molecule has 0 saturated heterocycles. The molecule has 0 unspecified atom stereocenters. The number of rotatable bonds is 6.